The summed E-state index contributed by atoms with van der Waals surface area (Å²) in [5.74, 6) is -1.86. The number of carbonyl (C=O) groups excluding carboxylic acids is 4. The van der Waals surface area contributed by atoms with Gasteiger partial charge in [0.1, 0.15) is 0 Å². The summed E-state index contributed by atoms with van der Waals surface area (Å²) >= 11 is 0. The van der Waals surface area contributed by atoms with Gasteiger partial charge in [-0.3, -0.25) is 14.9 Å². The summed E-state index contributed by atoms with van der Waals surface area (Å²) in [4.78, 5) is 46.9. The number of ether oxygens (including phenoxy) is 1. The fourth-order valence-electron chi connectivity index (χ4n) is 2.06. The van der Waals surface area contributed by atoms with Crippen molar-refractivity contribution in [1.29, 1.82) is 0 Å². The lowest BCUT2D eigenvalue weighted by atomic mass is 10.1. The maximum absolute atomic E-state index is 12.1. The van der Waals surface area contributed by atoms with E-state index in [1.54, 1.807) is 26.0 Å². The molecule has 9 heteroatoms. The summed E-state index contributed by atoms with van der Waals surface area (Å²) < 4.78 is 9.90. The van der Waals surface area contributed by atoms with Gasteiger partial charge in [0.05, 0.1) is 11.8 Å². The zero-order chi connectivity index (χ0) is 19.8. The van der Waals surface area contributed by atoms with Gasteiger partial charge in [0.15, 0.2) is 12.4 Å². The van der Waals surface area contributed by atoms with Gasteiger partial charge in [-0.1, -0.05) is 6.07 Å². The topological polar surface area (TPSA) is 127 Å². The molecule has 4 amide bonds. The molecule has 0 radical (unpaired) electrons. The minimum Gasteiger partial charge on any atom is -0.459 e. The largest absolute Gasteiger partial charge is 0.459 e. The second-order valence-electron chi connectivity index (χ2n) is 5.44. The molecule has 1 heterocycles. The van der Waals surface area contributed by atoms with Gasteiger partial charge >= 0.3 is 12.0 Å². The number of carbonyl (C=O) groups is 4. The van der Waals surface area contributed by atoms with Crippen LogP contribution in [0.3, 0.4) is 0 Å². The van der Waals surface area contributed by atoms with Crippen LogP contribution < -0.4 is 16.0 Å². The van der Waals surface area contributed by atoms with Crippen molar-refractivity contribution in [2.75, 3.05) is 18.5 Å². The van der Waals surface area contributed by atoms with Crippen molar-refractivity contribution >= 4 is 29.5 Å². The van der Waals surface area contributed by atoms with Crippen molar-refractivity contribution in [3.63, 3.8) is 0 Å². The summed E-state index contributed by atoms with van der Waals surface area (Å²) in [7, 11) is 0. The van der Waals surface area contributed by atoms with Crippen LogP contribution in [-0.4, -0.2) is 37.0 Å². The molecule has 0 aliphatic rings. The molecule has 0 spiro atoms. The van der Waals surface area contributed by atoms with E-state index in [2.05, 4.69) is 10.6 Å². The van der Waals surface area contributed by atoms with Crippen molar-refractivity contribution in [3.8, 4) is 0 Å². The van der Waals surface area contributed by atoms with E-state index in [0.29, 0.717) is 12.2 Å². The summed E-state index contributed by atoms with van der Waals surface area (Å²) in [6.07, 6.45) is 1.38. The van der Waals surface area contributed by atoms with E-state index >= 15 is 0 Å². The average molecular weight is 373 g/mol. The predicted octanol–water partition coefficient (Wildman–Crippen LogP) is 1.84. The minimum atomic E-state index is -0.769. The molecule has 0 aliphatic heterocycles. The Morgan fingerprint density at radius 2 is 1.93 bits per heavy atom. The second-order valence-corrected chi connectivity index (χ2v) is 5.44. The van der Waals surface area contributed by atoms with Crippen LogP contribution in [0, 0.1) is 6.92 Å². The fraction of sp³-hybridized carbons (Fsp3) is 0.222. The van der Waals surface area contributed by atoms with Crippen LogP contribution in [0.1, 0.15) is 33.4 Å². The molecule has 2 rings (SSSR count). The van der Waals surface area contributed by atoms with Crippen LogP contribution in [-0.2, 0) is 9.53 Å². The van der Waals surface area contributed by atoms with Crippen LogP contribution in [0.2, 0.25) is 0 Å². The number of hydrogen-bond donors (Lipinski definition) is 3. The number of benzene rings is 1. The maximum atomic E-state index is 12.1. The number of amides is 4. The molecule has 3 N–H and O–H groups in total. The van der Waals surface area contributed by atoms with E-state index in [1.165, 1.54) is 24.5 Å². The number of rotatable bonds is 6. The molecule has 0 saturated heterocycles. The first-order chi connectivity index (χ1) is 12.9. The SMILES string of the molecule is CCNC(=O)NC(=O)COC(=O)c1ccc(C)c(NC(=O)c2ccco2)c1. The van der Waals surface area contributed by atoms with Gasteiger partial charge in [0.2, 0.25) is 0 Å². The quantitative estimate of drug-likeness (QED) is 0.663. The van der Waals surface area contributed by atoms with Crippen LogP contribution in [0.4, 0.5) is 10.5 Å². The van der Waals surface area contributed by atoms with Gasteiger partial charge in [-0.25, -0.2) is 9.59 Å². The molecule has 0 saturated carbocycles. The Labute approximate surface area is 155 Å². The van der Waals surface area contributed by atoms with E-state index in [9.17, 15) is 19.2 Å². The lowest BCUT2D eigenvalue weighted by molar-refractivity contribution is -0.123. The van der Waals surface area contributed by atoms with Gasteiger partial charge in [-0.05, 0) is 43.7 Å². The highest BCUT2D eigenvalue weighted by Crippen LogP contribution is 2.19. The van der Waals surface area contributed by atoms with Crippen LogP contribution in [0.25, 0.3) is 0 Å². The molecule has 0 atom stereocenters. The molecule has 9 nitrogen and oxygen atoms in total. The Morgan fingerprint density at radius 3 is 2.59 bits per heavy atom. The van der Waals surface area contributed by atoms with Crippen LogP contribution >= 0.6 is 0 Å². The molecule has 0 unspecified atom stereocenters. The van der Waals surface area contributed by atoms with Crippen molar-refractivity contribution in [2.45, 2.75) is 13.8 Å². The third-order valence-corrected chi connectivity index (χ3v) is 3.39. The van der Waals surface area contributed by atoms with Gasteiger partial charge in [-0.15, -0.1) is 0 Å². The lowest BCUT2D eigenvalue weighted by Gasteiger charge is -2.10. The molecular formula is C18H19N3O6. The Morgan fingerprint density at radius 1 is 1.15 bits per heavy atom. The first kappa shape index (κ1) is 19.7. The second kappa shape index (κ2) is 9.18. The van der Waals surface area contributed by atoms with Crippen molar-refractivity contribution in [1.82, 2.24) is 10.6 Å². The van der Waals surface area contributed by atoms with Crippen molar-refractivity contribution < 1.29 is 28.3 Å². The number of urea groups is 1. The van der Waals surface area contributed by atoms with Gasteiger partial charge in [0, 0.05) is 12.2 Å². The first-order valence-corrected chi connectivity index (χ1v) is 8.11. The van der Waals surface area contributed by atoms with E-state index in [-0.39, 0.29) is 11.3 Å². The lowest BCUT2D eigenvalue weighted by Crippen LogP contribution is -2.41. The van der Waals surface area contributed by atoms with Crippen molar-refractivity contribution in [3.05, 3.63) is 53.5 Å². The first-order valence-electron chi connectivity index (χ1n) is 8.11. The predicted molar refractivity (Wildman–Crippen MR) is 95.3 cm³/mol. The van der Waals surface area contributed by atoms with E-state index in [0.717, 1.165) is 5.56 Å². The average Bonchev–Trinajstić information content (AvgIpc) is 3.16. The number of nitrogens with one attached hydrogen (secondary N) is 3. The monoisotopic (exact) mass is 373 g/mol. The van der Waals surface area contributed by atoms with Crippen LogP contribution in [0.5, 0.6) is 0 Å². The summed E-state index contributed by atoms with van der Waals surface area (Å²) in [5, 5.41) is 7.04. The molecule has 1 aromatic heterocycles. The molecule has 0 aliphatic carbocycles. The van der Waals surface area contributed by atoms with Gasteiger partial charge in [-0.2, -0.15) is 0 Å². The molecule has 0 fully saturated rings. The Balaban J connectivity index is 1.97. The standard InChI is InChI=1S/C18H19N3O6/c1-3-19-18(25)21-15(22)10-27-17(24)12-7-6-11(2)13(9-12)20-16(23)14-5-4-8-26-14/h4-9H,3,10H2,1-2H3,(H,20,23)(H2,19,21,22,25). The van der Waals surface area contributed by atoms with Crippen molar-refractivity contribution in [2.24, 2.45) is 0 Å². The molecular weight excluding hydrogens is 354 g/mol. The third kappa shape index (κ3) is 5.70. The highest BCUT2D eigenvalue weighted by atomic mass is 16.5. The highest BCUT2D eigenvalue weighted by molar-refractivity contribution is 6.03. The molecule has 0 bridgehead atoms. The highest BCUT2D eigenvalue weighted by Gasteiger charge is 2.15. The smallest absolute Gasteiger partial charge is 0.338 e. The number of anilines is 1. The Kier molecular flexibility index (Phi) is 6.70. The number of aryl methyl sites for hydroxylation is 1. The maximum Gasteiger partial charge on any atom is 0.338 e. The van der Waals surface area contributed by atoms with E-state index < -0.39 is 30.4 Å². The number of hydrogen-bond acceptors (Lipinski definition) is 6. The fourth-order valence-corrected chi connectivity index (χ4v) is 2.06. The Hall–Kier alpha value is -3.62. The third-order valence-electron chi connectivity index (χ3n) is 3.39. The minimum absolute atomic E-state index is 0.129. The molecule has 1 aromatic carbocycles. The summed E-state index contributed by atoms with van der Waals surface area (Å²) in [6.45, 7) is 3.20. The molecule has 27 heavy (non-hydrogen) atoms. The van der Waals surface area contributed by atoms with E-state index in [1.807, 2.05) is 5.32 Å². The number of imide groups is 1. The van der Waals surface area contributed by atoms with Gasteiger partial charge < -0.3 is 19.8 Å². The molecule has 2 aromatic rings. The van der Waals surface area contributed by atoms with E-state index in [4.69, 9.17) is 9.15 Å². The van der Waals surface area contributed by atoms with Gasteiger partial charge in [0.25, 0.3) is 11.8 Å². The normalized spacial score (nSPS) is 10.0. The zero-order valence-electron chi connectivity index (χ0n) is 14.8. The number of furan rings is 1. The summed E-state index contributed by atoms with van der Waals surface area (Å²) in [6, 6.07) is 6.99. The summed E-state index contributed by atoms with van der Waals surface area (Å²) in [5.41, 5.74) is 1.26. The zero-order valence-corrected chi connectivity index (χ0v) is 14.8. The molecule has 142 valence electrons. The Bertz CT molecular complexity index is 845. The van der Waals surface area contributed by atoms with Crippen LogP contribution in [0.15, 0.2) is 41.0 Å². The number of esters is 1.